The highest BCUT2D eigenvalue weighted by Crippen LogP contribution is 2.39. The lowest BCUT2D eigenvalue weighted by molar-refractivity contribution is 0.0829. The molecule has 0 N–H and O–H groups in total. The number of Topliss-reactive ketones (excluding diaryl/α,β-unsaturated/α-hetero) is 1. The van der Waals surface area contributed by atoms with Crippen LogP contribution in [0.15, 0.2) is 42.5 Å². The molecular weight excluding hydrogens is 479 g/mol. The number of carbonyl (C=O) groups excluding carboxylic acids is 1. The monoisotopic (exact) mass is 527 g/mol. The second-order valence-electron chi connectivity index (χ2n) is 13.6. The highest BCUT2D eigenvalue weighted by Gasteiger charge is 2.34. The molecule has 0 heterocycles. The molecule has 0 amide bonds. The third kappa shape index (κ3) is 8.98. The standard InChI is InChI=1S/C30H49NO3Si2/c1-21(32)23-14-13-15-24(19-23)31(12)20-22-16-17-25(29(8,9)33-35-27(2,3)4)26(18-22)30(10,11)34-36-28(5,6)7/h13-19H,20,35-36H2,1-12H3. The molecule has 0 unspecified atom stereocenters. The zero-order chi connectivity index (χ0) is 27.5. The molecule has 0 radical (unpaired) electrons. The largest absolute Gasteiger partial charge is 0.415 e. The van der Waals surface area contributed by atoms with Crippen LogP contribution in [0.5, 0.6) is 0 Å². The Bertz CT molecular complexity index is 1050. The van der Waals surface area contributed by atoms with Crippen LogP contribution < -0.4 is 4.90 Å². The summed E-state index contributed by atoms with van der Waals surface area (Å²) in [5.74, 6) is 0.0832. The predicted molar refractivity (Wildman–Crippen MR) is 160 cm³/mol. The van der Waals surface area contributed by atoms with Gasteiger partial charge in [0.15, 0.2) is 25.3 Å². The molecule has 36 heavy (non-hydrogen) atoms. The Labute approximate surface area is 225 Å². The molecule has 2 rings (SSSR count). The van der Waals surface area contributed by atoms with Gasteiger partial charge in [0.05, 0.1) is 11.2 Å². The van der Waals surface area contributed by atoms with Crippen LogP contribution in [0.3, 0.4) is 0 Å². The zero-order valence-electron chi connectivity index (χ0n) is 24.8. The van der Waals surface area contributed by atoms with Crippen molar-refractivity contribution >= 4 is 31.0 Å². The molecule has 0 aliphatic rings. The van der Waals surface area contributed by atoms with Gasteiger partial charge in [-0.15, -0.1) is 0 Å². The van der Waals surface area contributed by atoms with Crippen molar-refractivity contribution in [1.82, 2.24) is 0 Å². The molecule has 6 heteroatoms. The summed E-state index contributed by atoms with van der Waals surface area (Å²) in [6, 6.07) is 14.6. The van der Waals surface area contributed by atoms with E-state index in [1.807, 2.05) is 18.2 Å². The van der Waals surface area contributed by atoms with Crippen LogP contribution in [0.4, 0.5) is 5.69 Å². The summed E-state index contributed by atoms with van der Waals surface area (Å²) < 4.78 is 13.3. The minimum absolute atomic E-state index is 0.0832. The molecule has 0 saturated carbocycles. The Morgan fingerprint density at radius 2 is 1.31 bits per heavy atom. The smallest absolute Gasteiger partial charge is 0.168 e. The summed E-state index contributed by atoms with van der Waals surface area (Å²) in [5.41, 5.74) is 4.58. The molecule has 0 spiro atoms. The van der Waals surface area contributed by atoms with Gasteiger partial charge in [-0.3, -0.25) is 4.79 Å². The second-order valence-corrected chi connectivity index (χ2v) is 19.0. The summed E-state index contributed by atoms with van der Waals surface area (Å²) in [4.78, 5) is 14.1. The average Bonchev–Trinajstić information content (AvgIpc) is 2.75. The number of anilines is 1. The first-order valence-corrected chi connectivity index (χ1v) is 15.6. The van der Waals surface area contributed by atoms with Crippen LogP contribution in [-0.2, 0) is 26.6 Å². The van der Waals surface area contributed by atoms with Gasteiger partial charge in [-0.2, -0.15) is 0 Å². The Kier molecular flexibility index (Phi) is 9.60. The number of carbonyl (C=O) groups is 1. The van der Waals surface area contributed by atoms with Gasteiger partial charge in [0.1, 0.15) is 0 Å². The van der Waals surface area contributed by atoms with Crippen molar-refractivity contribution in [1.29, 1.82) is 0 Å². The topological polar surface area (TPSA) is 38.8 Å². The van der Waals surface area contributed by atoms with Crippen molar-refractivity contribution in [2.45, 2.75) is 104 Å². The van der Waals surface area contributed by atoms with Crippen LogP contribution >= 0.6 is 0 Å². The highest BCUT2D eigenvalue weighted by molar-refractivity contribution is 6.32. The van der Waals surface area contributed by atoms with Crippen molar-refractivity contribution in [3.63, 3.8) is 0 Å². The fraction of sp³-hybridized carbons (Fsp3) is 0.567. The van der Waals surface area contributed by atoms with E-state index in [0.717, 1.165) is 17.8 Å². The van der Waals surface area contributed by atoms with Crippen LogP contribution in [0.2, 0.25) is 10.1 Å². The molecule has 4 nitrogen and oxygen atoms in total. The van der Waals surface area contributed by atoms with E-state index >= 15 is 0 Å². The second kappa shape index (κ2) is 11.3. The van der Waals surface area contributed by atoms with Gasteiger partial charge in [-0.25, -0.2) is 0 Å². The minimum Gasteiger partial charge on any atom is -0.415 e. The van der Waals surface area contributed by atoms with E-state index in [0.29, 0.717) is 0 Å². The molecule has 2 aromatic rings. The first kappa shape index (κ1) is 30.5. The van der Waals surface area contributed by atoms with Gasteiger partial charge < -0.3 is 13.8 Å². The fourth-order valence-corrected chi connectivity index (χ4v) is 5.89. The Balaban J connectivity index is 2.46. The summed E-state index contributed by atoms with van der Waals surface area (Å²) >= 11 is 0. The maximum Gasteiger partial charge on any atom is 0.168 e. The van der Waals surface area contributed by atoms with E-state index < -0.39 is 25.1 Å². The van der Waals surface area contributed by atoms with E-state index in [2.05, 4.69) is 105 Å². The molecule has 2 aromatic carbocycles. The van der Waals surface area contributed by atoms with Gasteiger partial charge in [0, 0.05) is 24.8 Å². The van der Waals surface area contributed by atoms with Crippen molar-refractivity contribution in [2.75, 3.05) is 11.9 Å². The van der Waals surface area contributed by atoms with Crippen molar-refractivity contribution in [2.24, 2.45) is 0 Å². The third-order valence-electron chi connectivity index (χ3n) is 6.23. The van der Waals surface area contributed by atoms with Gasteiger partial charge in [0.25, 0.3) is 0 Å². The van der Waals surface area contributed by atoms with E-state index in [9.17, 15) is 4.79 Å². The normalized spacial score (nSPS) is 13.8. The summed E-state index contributed by atoms with van der Waals surface area (Å²) in [7, 11) is 0.584. The molecule has 0 bridgehead atoms. The van der Waals surface area contributed by atoms with Gasteiger partial charge in [-0.1, -0.05) is 71.9 Å². The number of hydrogen-bond donors (Lipinski definition) is 0. The SMILES string of the molecule is CC(=O)c1cccc(N(C)Cc2ccc(C(C)(C)O[SiH2]C(C)(C)C)c(C(C)(C)O[SiH2]C(C)(C)C)c2)c1. The quantitative estimate of drug-likeness (QED) is 0.257. The molecule has 0 aliphatic carbocycles. The number of rotatable bonds is 10. The van der Waals surface area contributed by atoms with E-state index in [1.54, 1.807) is 6.92 Å². The molecular formula is C30H49NO3Si2. The van der Waals surface area contributed by atoms with Crippen molar-refractivity contribution < 1.29 is 13.6 Å². The maximum atomic E-state index is 11.9. The summed E-state index contributed by atoms with van der Waals surface area (Å²) in [5, 5.41) is 0.432. The van der Waals surface area contributed by atoms with E-state index in [-0.39, 0.29) is 21.5 Å². The zero-order valence-corrected chi connectivity index (χ0v) is 27.7. The Hall–Kier alpha value is -1.74. The third-order valence-corrected chi connectivity index (χ3v) is 9.69. The van der Waals surface area contributed by atoms with Gasteiger partial charge >= 0.3 is 0 Å². The van der Waals surface area contributed by atoms with E-state index in [4.69, 9.17) is 8.85 Å². The highest BCUT2D eigenvalue weighted by atomic mass is 28.2. The molecule has 0 aromatic heterocycles. The summed E-state index contributed by atoms with van der Waals surface area (Å²) in [6.45, 7) is 24.7. The van der Waals surface area contributed by atoms with Crippen LogP contribution in [0.1, 0.15) is 103 Å². The molecule has 0 saturated heterocycles. The van der Waals surface area contributed by atoms with Crippen LogP contribution in [0.25, 0.3) is 0 Å². The van der Waals surface area contributed by atoms with Crippen LogP contribution in [-0.4, -0.2) is 32.4 Å². The predicted octanol–water partition coefficient (Wildman–Crippen LogP) is 6.63. The lowest BCUT2D eigenvalue weighted by atomic mass is 9.84. The summed E-state index contributed by atoms with van der Waals surface area (Å²) in [6.07, 6.45) is 0. The molecule has 200 valence electrons. The van der Waals surface area contributed by atoms with Crippen molar-refractivity contribution in [3.8, 4) is 0 Å². The maximum absolute atomic E-state index is 11.9. The number of nitrogens with zero attached hydrogens (tertiary/aromatic N) is 1. The molecule has 0 aliphatic heterocycles. The van der Waals surface area contributed by atoms with Gasteiger partial charge in [0.2, 0.25) is 0 Å². The Morgan fingerprint density at radius 3 is 1.81 bits per heavy atom. The average molecular weight is 528 g/mol. The Morgan fingerprint density at radius 1 is 0.778 bits per heavy atom. The first-order valence-electron chi connectivity index (χ1n) is 13.0. The fourth-order valence-electron chi connectivity index (χ4n) is 3.99. The lowest BCUT2D eigenvalue weighted by Crippen LogP contribution is -2.34. The molecule has 0 fully saturated rings. The number of benzene rings is 2. The minimum atomic E-state index is -0.755. The van der Waals surface area contributed by atoms with Crippen LogP contribution in [0, 0.1) is 0 Å². The van der Waals surface area contributed by atoms with Crippen molar-refractivity contribution in [3.05, 3.63) is 64.7 Å². The van der Waals surface area contributed by atoms with E-state index in [1.165, 1.54) is 16.7 Å². The first-order chi connectivity index (χ1) is 16.3. The lowest BCUT2D eigenvalue weighted by Gasteiger charge is -2.38. The number of hydrogen-bond acceptors (Lipinski definition) is 4. The van der Waals surface area contributed by atoms with Gasteiger partial charge in [-0.05, 0) is 73.5 Å². The number of ketones is 1. The molecule has 0 atom stereocenters.